The molecule has 2 heterocycles. The first-order valence-electron chi connectivity index (χ1n) is 10.2. The summed E-state index contributed by atoms with van der Waals surface area (Å²) < 4.78 is 46.9. The Labute approximate surface area is 190 Å². The van der Waals surface area contributed by atoms with Crippen LogP contribution in [0.4, 0.5) is 13.2 Å². The van der Waals surface area contributed by atoms with Gasteiger partial charge in [-0.15, -0.1) is 0 Å². The number of ether oxygens (including phenoxy) is 1. The van der Waals surface area contributed by atoms with E-state index in [9.17, 15) is 27.9 Å². The van der Waals surface area contributed by atoms with Gasteiger partial charge in [0, 0.05) is 5.56 Å². The minimum absolute atomic E-state index is 0.0785. The minimum Gasteiger partial charge on any atom is -0.491 e. The highest BCUT2D eigenvalue weighted by Crippen LogP contribution is 2.30. The second-order valence-electron chi connectivity index (χ2n) is 7.59. The number of rotatable bonds is 7. The summed E-state index contributed by atoms with van der Waals surface area (Å²) in [6.45, 7) is 1.21. The Kier molecular flexibility index (Phi) is 6.20. The number of fused-ring (bicyclic) bond motifs is 1. The van der Waals surface area contributed by atoms with Gasteiger partial charge in [-0.25, -0.2) is 9.67 Å². The summed E-state index contributed by atoms with van der Waals surface area (Å²) in [5, 5.41) is 14.4. The molecular weight excluding hydrogens is 453 g/mol. The number of hydrogen-bond donors (Lipinski definition) is 1. The van der Waals surface area contributed by atoms with Gasteiger partial charge in [0.15, 0.2) is 11.4 Å². The van der Waals surface area contributed by atoms with E-state index in [1.807, 2.05) is 0 Å². The van der Waals surface area contributed by atoms with Crippen LogP contribution in [0.25, 0.3) is 16.7 Å². The van der Waals surface area contributed by atoms with E-state index < -0.39 is 23.4 Å². The van der Waals surface area contributed by atoms with Gasteiger partial charge in [-0.2, -0.15) is 18.3 Å². The number of alkyl halides is 3. The quantitative estimate of drug-likeness (QED) is 0.415. The van der Waals surface area contributed by atoms with Crippen molar-refractivity contribution in [3.63, 3.8) is 0 Å². The Morgan fingerprint density at radius 2 is 1.91 bits per heavy atom. The number of benzene rings is 2. The van der Waals surface area contributed by atoms with Crippen molar-refractivity contribution >= 4 is 16.8 Å². The lowest BCUT2D eigenvalue weighted by atomic mass is 10.1. The molecule has 0 aliphatic rings. The highest BCUT2D eigenvalue weighted by Gasteiger charge is 2.30. The molecule has 176 valence electrons. The Balaban J connectivity index is 1.50. The fourth-order valence-corrected chi connectivity index (χ4v) is 3.34. The van der Waals surface area contributed by atoms with Gasteiger partial charge in [-0.3, -0.25) is 14.2 Å². The van der Waals surface area contributed by atoms with Crippen LogP contribution in [-0.4, -0.2) is 42.9 Å². The molecule has 1 unspecified atom stereocenters. The second-order valence-corrected chi connectivity index (χ2v) is 7.59. The summed E-state index contributed by atoms with van der Waals surface area (Å²) in [7, 11) is 0. The fourth-order valence-electron chi connectivity index (χ4n) is 3.34. The zero-order valence-corrected chi connectivity index (χ0v) is 17.9. The maximum atomic E-state index is 13.0. The molecule has 0 saturated heterocycles. The number of hydrogen-bond acceptors (Lipinski definition) is 6. The summed E-state index contributed by atoms with van der Waals surface area (Å²) >= 11 is 0. The molecule has 0 fully saturated rings. The molecule has 8 nitrogen and oxygen atoms in total. The van der Waals surface area contributed by atoms with Crippen molar-refractivity contribution in [2.24, 2.45) is 0 Å². The van der Waals surface area contributed by atoms with E-state index in [1.165, 1.54) is 36.1 Å². The summed E-state index contributed by atoms with van der Waals surface area (Å²) in [4.78, 5) is 28.3. The van der Waals surface area contributed by atoms with Crippen molar-refractivity contribution in [2.45, 2.75) is 25.7 Å². The average Bonchev–Trinajstić information content (AvgIpc) is 3.24. The molecule has 1 N–H and O–H groups in total. The highest BCUT2D eigenvalue weighted by atomic mass is 19.4. The number of ketones is 1. The van der Waals surface area contributed by atoms with Gasteiger partial charge in [-0.1, -0.05) is 6.07 Å². The zero-order chi connectivity index (χ0) is 24.5. The molecule has 11 heteroatoms. The molecule has 0 aliphatic heterocycles. The van der Waals surface area contributed by atoms with Gasteiger partial charge < -0.3 is 9.84 Å². The number of Topliss-reactive ketones (excluding diaryl/α,β-unsaturated/α-hetero) is 1. The molecule has 0 amide bonds. The predicted octanol–water partition coefficient (Wildman–Crippen LogP) is 3.24. The smallest absolute Gasteiger partial charge is 0.416 e. The molecular formula is C23H19F3N4O4. The first-order chi connectivity index (χ1) is 16.1. The summed E-state index contributed by atoms with van der Waals surface area (Å²) in [6.07, 6.45) is -3.16. The van der Waals surface area contributed by atoms with Crippen molar-refractivity contribution < 1.29 is 27.8 Å². The Morgan fingerprint density at radius 3 is 2.59 bits per heavy atom. The average molecular weight is 472 g/mol. The molecule has 2 aromatic heterocycles. The maximum Gasteiger partial charge on any atom is 0.416 e. The monoisotopic (exact) mass is 472 g/mol. The Morgan fingerprint density at radius 1 is 1.18 bits per heavy atom. The number of carbonyl (C=O) groups excluding carboxylic acids is 1. The molecule has 4 rings (SSSR count). The first kappa shape index (κ1) is 23.2. The third kappa shape index (κ3) is 4.84. The molecule has 1 atom stereocenters. The molecule has 34 heavy (non-hydrogen) atoms. The molecule has 0 spiro atoms. The van der Waals surface area contributed by atoms with E-state index in [2.05, 4.69) is 10.1 Å². The third-order valence-corrected chi connectivity index (χ3v) is 5.08. The van der Waals surface area contributed by atoms with Crippen molar-refractivity contribution in [1.82, 2.24) is 19.3 Å². The van der Waals surface area contributed by atoms with Gasteiger partial charge in [0.2, 0.25) is 0 Å². The lowest BCUT2D eigenvalue weighted by Gasteiger charge is -2.14. The Hall–Kier alpha value is -3.99. The van der Waals surface area contributed by atoms with Crippen LogP contribution in [0.5, 0.6) is 5.75 Å². The molecule has 4 aromatic rings. The van der Waals surface area contributed by atoms with Gasteiger partial charge in [0.25, 0.3) is 5.56 Å². The number of halogens is 3. The zero-order valence-electron chi connectivity index (χ0n) is 17.9. The van der Waals surface area contributed by atoms with Crippen molar-refractivity contribution in [2.75, 3.05) is 6.61 Å². The van der Waals surface area contributed by atoms with E-state index in [0.29, 0.717) is 11.3 Å². The van der Waals surface area contributed by atoms with Gasteiger partial charge in [0.05, 0.1) is 24.0 Å². The molecule has 0 saturated carbocycles. The molecule has 0 radical (unpaired) electrons. The SMILES string of the molecule is CC(=O)c1ccc(OCC(O)Cn2cnc3c(cnn3-c3cccc(C(F)(F)F)c3)c2=O)cc1. The van der Waals surface area contributed by atoms with E-state index in [1.54, 1.807) is 24.3 Å². The van der Waals surface area contributed by atoms with E-state index in [0.717, 1.165) is 16.8 Å². The van der Waals surface area contributed by atoms with Gasteiger partial charge in [-0.05, 0) is 49.4 Å². The third-order valence-electron chi connectivity index (χ3n) is 5.08. The predicted molar refractivity (Wildman–Crippen MR) is 116 cm³/mol. The van der Waals surface area contributed by atoms with Crippen molar-refractivity contribution in [3.05, 3.63) is 82.5 Å². The van der Waals surface area contributed by atoms with Gasteiger partial charge in [0.1, 0.15) is 30.2 Å². The highest BCUT2D eigenvalue weighted by molar-refractivity contribution is 5.94. The van der Waals surface area contributed by atoms with Crippen LogP contribution in [0.3, 0.4) is 0 Å². The first-order valence-corrected chi connectivity index (χ1v) is 10.2. The second kappa shape index (κ2) is 9.10. The van der Waals surface area contributed by atoms with Gasteiger partial charge >= 0.3 is 6.18 Å². The number of carbonyl (C=O) groups is 1. The van der Waals surface area contributed by atoms with Crippen LogP contribution < -0.4 is 10.3 Å². The van der Waals surface area contributed by atoms with Crippen molar-refractivity contribution in [1.29, 1.82) is 0 Å². The molecule has 0 bridgehead atoms. The normalized spacial score (nSPS) is 12.6. The van der Waals surface area contributed by atoms with Crippen LogP contribution in [-0.2, 0) is 12.7 Å². The molecule has 0 aliphatic carbocycles. The standard InChI is InChI=1S/C23H19F3N4O4/c1-14(31)15-5-7-19(8-6-15)34-12-18(32)11-29-13-27-21-20(22(29)33)10-28-30(21)17-4-2-3-16(9-17)23(24,25)26/h2-10,13,18,32H,11-12H2,1H3. The van der Waals surface area contributed by atoms with Crippen LogP contribution in [0.15, 0.2) is 65.8 Å². The number of aliphatic hydroxyl groups is 1. The number of nitrogens with zero attached hydrogens (tertiary/aromatic N) is 4. The minimum atomic E-state index is -4.52. The summed E-state index contributed by atoms with van der Waals surface area (Å²) in [5.74, 6) is 0.373. The lowest BCUT2D eigenvalue weighted by molar-refractivity contribution is -0.137. The largest absolute Gasteiger partial charge is 0.491 e. The Bertz CT molecular complexity index is 1390. The fraction of sp³-hybridized carbons (Fsp3) is 0.217. The van der Waals surface area contributed by atoms with Crippen molar-refractivity contribution in [3.8, 4) is 11.4 Å². The topological polar surface area (TPSA) is 99.2 Å². The van der Waals surface area contributed by atoms with E-state index >= 15 is 0 Å². The summed E-state index contributed by atoms with van der Waals surface area (Å²) in [5.41, 5.74) is -0.616. The van der Waals surface area contributed by atoms with Crippen LogP contribution in [0.2, 0.25) is 0 Å². The summed E-state index contributed by atoms with van der Waals surface area (Å²) in [6, 6.07) is 11.0. The number of aromatic nitrogens is 4. The van der Waals surface area contributed by atoms with E-state index in [4.69, 9.17) is 4.74 Å². The van der Waals surface area contributed by atoms with Crippen LogP contribution in [0, 0.1) is 0 Å². The van der Waals surface area contributed by atoms with Crippen LogP contribution in [0.1, 0.15) is 22.8 Å². The van der Waals surface area contributed by atoms with Crippen LogP contribution >= 0.6 is 0 Å². The lowest BCUT2D eigenvalue weighted by Crippen LogP contribution is -2.30. The number of aliphatic hydroxyl groups excluding tert-OH is 1. The molecule has 2 aromatic carbocycles. The van der Waals surface area contributed by atoms with E-state index in [-0.39, 0.29) is 35.7 Å². The maximum absolute atomic E-state index is 13.0.